The molecule has 2 rings (SSSR count). The lowest BCUT2D eigenvalue weighted by Gasteiger charge is -1.97. The quantitative estimate of drug-likeness (QED) is 0.667. The van der Waals surface area contributed by atoms with Gasteiger partial charge in [-0.2, -0.15) is 0 Å². The number of nitrogens with zero attached hydrogens (tertiary/aromatic N) is 1. The number of allylic oxidation sites excluding steroid dienone is 3. The molecule has 0 spiro atoms. The van der Waals surface area contributed by atoms with Crippen molar-refractivity contribution in [3.8, 4) is 0 Å². The van der Waals surface area contributed by atoms with Crippen LogP contribution in [0, 0.1) is 0 Å². The molecule has 0 amide bonds. The van der Waals surface area contributed by atoms with E-state index >= 15 is 0 Å². The van der Waals surface area contributed by atoms with Crippen LogP contribution in [0.5, 0.6) is 0 Å². The van der Waals surface area contributed by atoms with Crippen LogP contribution < -0.4 is 0 Å². The average molecular weight is 275 g/mol. The number of fused-ring (bicyclic) bond motifs is 1. The number of pyridine rings is 1. The van der Waals surface area contributed by atoms with Crippen LogP contribution in [0.4, 0.5) is 0 Å². The number of hydrogen-bond acceptors (Lipinski definition) is 2. The van der Waals surface area contributed by atoms with Crippen molar-refractivity contribution < 1.29 is 4.79 Å². The maximum atomic E-state index is 11.8. The van der Waals surface area contributed by atoms with E-state index in [9.17, 15) is 4.79 Å². The Morgan fingerprint density at radius 1 is 1.53 bits per heavy atom. The third-order valence-corrected chi connectivity index (χ3v) is 2.91. The zero-order chi connectivity index (χ0) is 13.8. The smallest absolute Gasteiger partial charge is 0.164 e. The first-order chi connectivity index (χ1) is 9.11. The fraction of sp³-hybridized carbons (Fsp3) is 0.200. The molecule has 2 aromatic heterocycles. The van der Waals surface area contributed by atoms with Crippen LogP contribution in [0.15, 0.2) is 35.6 Å². The van der Waals surface area contributed by atoms with Crippen molar-refractivity contribution in [1.82, 2.24) is 9.97 Å². The van der Waals surface area contributed by atoms with E-state index < -0.39 is 0 Å². The standard InChI is InChI=1S/C15H15ClN2O/c1-3-14(19)13-9-18-15-12(13)7-11(8-17-15)6-4-5-10(2)16/h4-9H,3H2,1-2H3,(H,17,18)/b6-4+,10-5+. The molecule has 98 valence electrons. The molecular weight excluding hydrogens is 260 g/mol. The number of carbonyl (C=O) groups excluding carboxylic acids is 1. The zero-order valence-corrected chi connectivity index (χ0v) is 11.7. The van der Waals surface area contributed by atoms with Crippen LogP contribution in [0.1, 0.15) is 36.2 Å². The monoisotopic (exact) mass is 274 g/mol. The summed E-state index contributed by atoms with van der Waals surface area (Å²) < 4.78 is 0. The van der Waals surface area contributed by atoms with Crippen LogP contribution in [0.3, 0.4) is 0 Å². The van der Waals surface area contributed by atoms with Crippen molar-refractivity contribution in [2.24, 2.45) is 0 Å². The lowest BCUT2D eigenvalue weighted by molar-refractivity contribution is 0.0990. The lowest BCUT2D eigenvalue weighted by atomic mass is 10.1. The lowest BCUT2D eigenvalue weighted by Crippen LogP contribution is -1.94. The number of halogens is 1. The molecule has 0 aromatic carbocycles. The molecule has 2 aromatic rings. The number of carbonyl (C=O) groups is 1. The summed E-state index contributed by atoms with van der Waals surface area (Å²) in [6, 6.07) is 1.95. The molecule has 0 radical (unpaired) electrons. The third-order valence-electron chi connectivity index (χ3n) is 2.79. The highest BCUT2D eigenvalue weighted by Gasteiger charge is 2.10. The predicted molar refractivity (Wildman–Crippen MR) is 79.4 cm³/mol. The van der Waals surface area contributed by atoms with E-state index in [1.165, 1.54) is 0 Å². The number of aromatic amines is 1. The molecule has 0 fully saturated rings. The van der Waals surface area contributed by atoms with E-state index in [2.05, 4.69) is 9.97 Å². The number of H-pyrrole nitrogens is 1. The van der Waals surface area contributed by atoms with Crippen molar-refractivity contribution >= 4 is 34.5 Å². The number of nitrogens with one attached hydrogen (secondary N) is 1. The summed E-state index contributed by atoms with van der Waals surface area (Å²) in [5.74, 6) is 0.116. The number of Topliss-reactive ketones (excluding diaryl/α,β-unsaturated/α-hetero) is 1. The number of ketones is 1. The highest BCUT2D eigenvalue weighted by molar-refractivity contribution is 6.29. The van der Waals surface area contributed by atoms with Gasteiger partial charge in [0.05, 0.1) is 0 Å². The molecule has 0 unspecified atom stereocenters. The Hall–Kier alpha value is -1.87. The van der Waals surface area contributed by atoms with Gasteiger partial charge >= 0.3 is 0 Å². The van der Waals surface area contributed by atoms with Crippen LogP contribution in [0.2, 0.25) is 0 Å². The molecule has 2 heterocycles. The molecule has 0 aliphatic carbocycles. The van der Waals surface area contributed by atoms with Gasteiger partial charge in [0.1, 0.15) is 5.65 Å². The van der Waals surface area contributed by atoms with E-state index in [0.29, 0.717) is 17.0 Å². The van der Waals surface area contributed by atoms with Gasteiger partial charge in [0.15, 0.2) is 5.78 Å². The predicted octanol–water partition coefficient (Wildman–Crippen LogP) is 4.31. The minimum atomic E-state index is 0.116. The van der Waals surface area contributed by atoms with Gasteiger partial charge in [0, 0.05) is 34.8 Å². The minimum absolute atomic E-state index is 0.116. The summed E-state index contributed by atoms with van der Waals surface area (Å²) in [6.45, 7) is 3.67. The van der Waals surface area contributed by atoms with Crippen molar-refractivity contribution in [2.75, 3.05) is 0 Å². The van der Waals surface area contributed by atoms with Crippen molar-refractivity contribution in [2.45, 2.75) is 20.3 Å². The van der Waals surface area contributed by atoms with Crippen molar-refractivity contribution in [3.05, 3.63) is 46.8 Å². The Morgan fingerprint density at radius 3 is 3.00 bits per heavy atom. The van der Waals surface area contributed by atoms with Gasteiger partial charge < -0.3 is 4.98 Å². The summed E-state index contributed by atoms with van der Waals surface area (Å²) in [4.78, 5) is 19.1. The summed E-state index contributed by atoms with van der Waals surface area (Å²) >= 11 is 5.75. The Balaban J connectivity index is 2.41. The van der Waals surface area contributed by atoms with Crippen LogP contribution >= 0.6 is 11.6 Å². The highest BCUT2D eigenvalue weighted by atomic mass is 35.5. The number of rotatable bonds is 4. The zero-order valence-electron chi connectivity index (χ0n) is 10.9. The second kappa shape index (κ2) is 5.85. The largest absolute Gasteiger partial charge is 0.345 e. The third kappa shape index (κ3) is 3.12. The highest BCUT2D eigenvalue weighted by Crippen LogP contribution is 2.19. The summed E-state index contributed by atoms with van der Waals surface area (Å²) in [7, 11) is 0. The van der Waals surface area contributed by atoms with Crippen LogP contribution in [0.25, 0.3) is 17.1 Å². The van der Waals surface area contributed by atoms with E-state index in [-0.39, 0.29) is 5.78 Å². The minimum Gasteiger partial charge on any atom is -0.345 e. The Kier molecular flexibility index (Phi) is 4.17. The van der Waals surface area contributed by atoms with Gasteiger partial charge in [-0.1, -0.05) is 30.7 Å². The van der Waals surface area contributed by atoms with Gasteiger partial charge in [0.2, 0.25) is 0 Å². The molecule has 0 saturated heterocycles. The SMILES string of the molecule is CCC(=O)c1c[nH]c2ncc(/C=C/C=C(\C)Cl)cc12. The first kappa shape index (κ1) is 13.6. The molecule has 1 N–H and O–H groups in total. The molecule has 0 bridgehead atoms. The van der Waals surface area contributed by atoms with Gasteiger partial charge in [0.25, 0.3) is 0 Å². The molecule has 3 nitrogen and oxygen atoms in total. The first-order valence-corrected chi connectivity index (χ1v) is 6.50. The average Bonchev–Trinajstić information content (AvgIpc) is 2.80. The molecule has 19 heavy (non-hydrogen) atoms. The normalized spacial score (nSPS) is 12.5. The topological polar surface area (TPSA) is 45.8 Å². The Labute approximate surface area is 117 Å². The molecule has 0 aliphatic heterocycles. The molecule has 4 heteroatoms. The van der Waals surface area contributed by atoms with Crippen molar-refractivity contribution in [1.29, 1.82) is 0 Å². The second-order valence-electron chi connectivity index (χ2n) is 4.26. The number of hydrogen-bond donors (Lipinski definition) is 1. The molecule has 0 atom stereocenters. The number of aromatic nitrogens is 2. The van der Waals surface area contributed by atoms with E-state index in [0.717, 1.165) is 16.6 Å². The molecule has 0 aliphatic rings. The van der Waals surface area contributed by atoms with E-state index in [4.69, 9.17) is 11.6 Å². The fourth-order valence-corrected chi connectivity index (χ4v) is 1.90. The molecule has 0 saturated carbocycles. The van der Waals surface area contributed by atoms with Gasteiger partial charge in [-0.25, -0.2) is 4.98 Å². The van der Waals surface area contributed by atoms with Crippen LogP contribution in [-0.4, -0.2) is 15.8 Å². The van der Waals surface area contributed by atoms with Gasteiger partial charge in [-0.15, -0.1) is 0 Å². The summed E-state index contributed by atoms with van der Waals surface area (Å²) in [5, 5.41) is 1.58. The van der Waals surface area contributed by atoms with E-state index in [1.54, 1.807) is 18.5 Å². The van der Waals surface area contributed by atoms with Gasteiger partial charge in [-0.3, -0.25) is 4.79 Å². The molecular formula is C15H15ClN2O. The summed E-state index contributed by atoms with van der Waals surface area (Å²) in [5.41, 5.74) is 2.37. The second-order valence-corrected chi connectivity index (χ2v) is 4.85. The van der Waals surface area contributed by atoms with Gasteiger partial charge in [-0.05, 0) is 24.6 Å². The fourth-order valence-electron chi connectivity index (χ4n) is 1.82. The maximum absolute atomic E-state index is 11.8. The van der Waals surface area contributed by atoms with Crippen LogP contribution in [-0.2, 0) is 0 Å². The summed E-state index contributed by atoms with van der Waals surface area (Å²) in [6.07, 6.45) is 9.54. The van der Waals surface area contributed by atoms with E-state index in [1.807, 2.05) is 32.1 Å². The Morgan fingerprint density at radius 2 is 2.32 bits per heavy atom. The Bertz CT molecular complexity index is 664. The first-order valence-electron chi connectivity index (χ1n) is 6.12. The maximum Gasteiger partial charge on any atom is 0.164 e. The van der Waals surface area contributed by atoms with Crippen molar-refractivity contribution in [3.63, 3.8) is 0 Å².